The predicted molar refractivity (Wildman–Crippen MR) is 71.0 cm³/mol. The fourth-order valence-corrected chi connectivity index (χ4v) is 2.11. The smallest absolute Gasteiger partial charge is 0.0686 e. The summed E-state index contributed by atoms with van der Waals surface area (Å²) < 4.78 is 1.98. The van der Waals surface area contributed by atoms with Gasteiger partial charge in [0.1, 0.15) is 0 Å². The highest BCUT2D eigenvalue weighted by atomic mass is 15.3. The van der Waals surface area contributed by atoms with E-state index >= 15 is 0 Å². The van der Waals surface area contributed by atoms with Crippen LogP contribution in [-0.4, -0.2) is 14.8 Å². The summed E-state index contributed by atoms with van der Waals surface area (Å²) >= 11 is 0. The van der Waals surface area contributed by atoms with Crippen molar-refractivity contribution >= 4 is 10.9 Å². The van der Waals surface area contributed by atoms with Crippen molar-refractivity contribution in [3.8, 4) is 0 Å². The van der Waals surface area contributed by atoms with Crippen LogP contribution in [0.2, 0.25) is 0 Å². The zero-order valence-corrected chi connectivity index (χ0v) is 9.95. The third kappa shape index (κ3) is 1.87. The monoisotopic (exact) mass is 238 g/mol. The summed E-state index contributed by atoms with van der Waals surface area (Å²) in [5, 5.41) is 5.56. The number of aromatic nitrogens is 3. The van der Waals surface area contributed by atoms with Crippen LogP contribution in [0.3, 0.4) is 0 Å². The molecule has 0 spiro atoms. The van der Waals surface area contributed by atoms with E-state index in [0.717, 1.165) is 22.2 Å². The molecule has 0 saturated heterocycles. The maximum atomic E-state index is 5.70. The molecule has 2 heterocycles. The number of rotatable bonds is 3. The van der Waals surface area contributed by atoms with Crippen molar-refractivity contribution in [3.05, 3.63) is 60.0 Å². The second kappa shape index (κ2) is 4.58. The predicted octanol–water partition coefficient (Wildman–Crippen LogP) is 1.94. The molecule has 1 aromatic carbocycles. The topological polar surface area (TPSA) is 56.7 Å². The molecule has 3 aromatic rings. The molecule has 0 unspecified atom stereocenters. The highest BCUT2D eigenvalue weighted by molar-refractivity contribution is 5.78. The molecule has 0 bridgehead atoms. The molecule has 0 atom stereocenters. The van der Waals surface area contributed by atoms with Gasteiger partial charge in [-0.15, -0.1) is 0 Å². The van der Waals surface area contributed by atoms with E-state index in [4.69, 9.17) is 5.73 Å². The Bertz CT molecular complexity index is 672. The second-order valence-corrected chi connectivity index (χ2v) is 4.17. The van der Waals surface area contributed by atoms with Crippen LogP contribution in [0, 0.1) is 0 Å². The molecule has 2 N–H and O–H groups in total. The second-order valence-electron chi connectivity index (χ2n) is 4.17. The van der Waals surface area contributed by atoms with Crippen LogP contribution in [0.25, 0.3) is 10.9 Å². The van der Waals surface area contributed by atoms with E-state index in [1.807, 2.05) is 35.1 Å². The average Bonchev–Trinajstić information content (AvgIpc) is 2.83. The van der Waals surface area contributed by atoms with Crippen LogP contribution in [0.5, 0.6) is 0 Å². The lowest BCUT2D eigenvalue weighted by Gasteiger charge is -2.07. The minimum absolute atomic E-state index is 0.454. The molecular weight excluding hydrogens is 224 g/mol. The molecule has 0 aliphatic heterocycles. The summed E-state index contributed by atoms with van der Waals surface area (Å²) in [5.74, 6) is 0. The van der Waals surface area contributed by atoms with Crippen molar-refractivity contribution in [2.45, 2.75) is 13.1 Å². The van der Waals surface area contributed by atoms with Crippen molar-refractivity contribution in [2.24, 2.45) is 5.73 Å². The normalized spacial score (nSPS) is 10.9. The minimum atomic E-state index is 0.454. The molecule has 0 aliphatic carbocycles. The molecule has 4 heteroatoms. The zero-order chi connectivity index (χ0) is 12.4. The van der Waals surface area contributed by atoms with Gasteiger partial charge in [-0.3, -0.25) is 9.67 Å². The van der Waals surface area contributed by atoms with Gasteiger partial charge in [0.2, 0.25) is 0 Å². The third-order valence-electron chi connectivity index (χ3n) is 3.05. The van der Waals surface area contributed by atoms with Crippen molar-refractivity contribution < 1.29 is 0 Å². The summed E-state index contributed by atoms with van der Waals surface area (Å²) in [7, 11) is 0. The number of pyridine rings is 1. The van der Waals surface area contributed by atoms with Crippen LogP contribution in [-0.2, 0) is 13.1 Å². The highest BCUT2D eigenvalue weighted by Gasteiger charge is 2.06. The van der Waals surface area contributed by atoms with Crippen LogP contribution in [0.1, 0.15) is 11.3 Å². The highest BCUT2D eigenvalue weighted by Crippen LogP contribution is 2.15. The van der Waals surface area contributed by atoms with Crippen LogP contribution < -0.4 is 5.73 Å². The Morgan fingerprint density at radius 1 is 1.11 bits per heavy atom. The first kappa shape index (κ1) is 10.9. The third-order valence-corrected chi connectivity index (χ3v) is 3.05. The van der Waals surface area contributed by atoms with Gasteiger partial charge in [0.05, 0.1) is 24.0 Å². The van der Waals surface area contributed by atoms with Gasteiger partial charge in [0.15, 0.2) is 0 Å². The number of hydrogen-bond donors (Lipinski definition) is 1. The van der Waals surface area contributed by atoms with Gasteiger partial charge < -0.3 is 5.73 Å². The Balaban J connectivity index is 2.01. The number of benzene rings is 1. The Kier molecular flexibility index (Phi) is 2.78. The largest absolute Gasteiger partial charge is 0.325 e. The quantitative estimate of drug-likeness (QED) is 0.758. The van der Waals surface area contributed by atoms with Gasteiger partial charge in [0, 0.05) is 18.1 Å². The summed E-state index contributed by atoms with van der Waals surface area (Å²) in [5.41, 5.74) is 8.88. The Hall–Kier alpha value is -2.20. The van der Waals surface area contributed by atoms with E-state index in [2.05, 4.69) is 22.2 Å². The van der Waals surface area contributed by atoms with Crippen molar-refractivity contribution in [1.82, 2.24) is 14.8 Å². The minimum Gasteiger partial charge on any atom is -0.325 e. The molecule has 2 aromatic heterocycles. The number of para-hydroxylation sites is 1. The van der Waals surface area contributed by atoms with Gasteiger partial charge in [-0.2, -0.15) is 5.10 Å². The lowest BCUT2D eigenvalue weighted by Crippen LogP contribution is -2.08. The summed E-state index contributed by atoms with van der Waals surface area (Å²) in [6, 6.07) is 12.1. The number of hydrogen-bond acceptors (Lipinski definition) is 3. The fraction of sp³-hybridized carbons (Fsp3) is 0.143. The average molecular weight is 238 g/mol. The lowest BCUT2D eigenvalue weighted by molar-refractivity contribution is 0.700. The molecule has 18 heavy (non-hydrogen) atoms. The van der Waals surface area contributed by atoms with Crippen molar-refractivity contribution in [2.75, 3.05) is 0 Å². The molecule has 0 amide bonds. The van der Waals surface area contributed by atoms with Gasteiger partial charge in [-0.05, 0) is 17.7 Å². The first-order chi connectivity index (χ1) is 8.88. The first-order valence-electron chi connectivity index (χ1n) is 5.92. The molecule has 3 rings (SSSR count). The molecule has 0 aliphatic rings. The van der Waals surface area contributed by atoms with Crippen LogP contribution >= 0.6 is 0 Å². The zero-order valence-electron chi connectivity index (χ0n) is 9.95. The molecular formula is C14H14N4. The number of nitrogens with zero attached hydrogens (tertiary/aromatic N) is 3. The number of fused-ring (bicyclic) bond motifs is 1. The van der Waals surface area contributed by atoms with E-state index in [9.17, 15) is 0 Å². The van der Waals surface area contributed by atoms with E-state index in [1.54, 1.807) is 6.20 Å². The van der Waals surface area contributed by atoms with E-state index in [-0.39, 0.29) is 0 Å². The maximum absolute atomic E-state index is 5.70. The first-order valence-corrected chi connectivity index (χ1v) is 5.92. The van der Waals surface area contributed by atoms with E-state index < -0.39 is 0 Å². The van der Waals surface area contributed by atoms with E-state index in [1.165, 1.54) is 0 Å². The van der Waals surface area contributed by atoms with Gasteiger partial charge in [0.25, 0.3) is 0 Å². The van der Waals surface area contributed by atoms with Crippen LogP contribution in [0.15, 0.2) is 48.8 Å². The van der Waals surface area contributed by atoms with Gasteiger partial charge in [-0.1, -0.05) is 24.3 Å². The van der Waals surface area contributed by atoms with Crippen molar-refractivity contribution in [3.63, 3.8) is 0 Å². The lowest BCUT2D eigenvalue weighted by atomic mass is 10.2. The van der Waals surface area contributed by atoms with Gasteiger partial charge >= 0.3 is 0 Å². The maximum Gasteiger partial charge on any atom is 0.0686 e. The Morgan fingerprint density at radius 2 is 2.00 bits per heavy atom. The van der Waals surface area contributed by atoms with Gasteiger partial charge in [-0.25, -0.2) is 0 Å². The standard InChI is InChI=1S/C14H14N4/c15-8-13-12(5-3-7-16-13)10-18-14-6-2-1-4-11(14)9-17-18/h1-7,9H,8,10,15H2. The number of nitrogens with two attached hydrogens (primary N) is 1. The molecule has 4 nitrogen and oxygen atoms in total. The fourth-order valence-electron chi connectivity index (χ4n) is 2.11. The molecule has 0 fully saturated rings. The molecule has 0 radical (unpaired) electrons. The molecule has 0 saturated carbocycles. The summed E-state index contributed by atoms with van der Waals surface area (Å²) in [6.07, 6.45) is 3.65. The SMILES string of the molecule is NCc1ncccc1Cn1ncc2ccccc21. The van der Waals surface area contributed by atoms with E-state index in [0.29, 0.717) is 13.1 Å². The Morgan fingerprint density at radius 3 is 2.89 bits per heavy atom. The summed E-state index contributed by atoms with van der Waals surface area (Å²) in [6.45, 7) is 1.16. The van der Waals surface area contributed by atoms with Crippen molar-refractivity contribution in [1.29, 1.82) is 0 Å². The summed E-state index contributed by atoms with van der Waals surface area (Å²) in [4.78, 5) is 4.29. The molecule has 90 valence electrons. The van der Waals surface area contributed by atoms with Crippen LogP contribution in [0.4, 0.5) is 0 Å². The Labute approximate surface area is 105 Å².